The molecule has 0 aromatic heterocycles. The largest absolute Gasteiger partial charge is 0.493 e. The Labute approximate surface area is 124 Å². The fourth-order valence-corrected chi connectivity index (χ4v) is 2.25. The van der Waals surface area contributed by atoms with Crippen molar-refractivity contribution in [2.24, 2.45) is 5.73 Å². The van der Waals surface area contributed by atoms with E-state index >= 15 is 0 Å². The van der Waals surface area contributed by atoms with Crippen LogP contribution in [0.25, 0.3) is 0 Å². The van der Waals surface area contributed by atoms with E-state index < -0.39 is 0 Å². The van der Waals surface area contributed by atoms with Crippen molar-refractivity contribution >= 4 is 11.6 Å². The predicted octanol–water partition coefficient (Wildman–Crippen LogP) is 3.95. The Morgan fingerprint density at radius 2 is 1.90 bits per heavy atom. The Morgan fingerprint density at radius 1 is 1.20 bits per heavy atom. The second-order valence-electron chi connectivity index (χ2n) is 4.48. The first-order chi connectivity index (χ1) is 9.65. The van der Waals surface area contributed by atoms with Crippen molar-refractivity contribution in [3.8, 4) is 11.5 Å². The smallest absolute Gasteiger partial charge is 0.180 e. The van der Waals surface area contributed by atoms with E-state index in [-0.39, 0.29) is 6.10 Å². The SMILES string of the molecule is COc1cc(CN)cc(Cl)c1OC(C)c1ccccc1. The standard InChI is InChI=1S/C16H18ClNO2/c1-11(13-6-4-3-5-7-13)20-16-14(17)8-12(10-18)9-15(16)19-2/h3-9,11H,10,18H2,1-2H3. The molecular weight excluding hydrogens is 274 g/mol. The van der Waals surface area contributed by atoms with Gasteiger partial charge in [0.05, 0.1) is 12.1 Å². The van der Waals surface area contributed by atoms with E-state index in [1.165, 1.54) is 0 Å². The summed E-state index contributed by atoms with van der Waals surface area (Å²) in [7, 11) is 1.59. The topological polar surface area (TPSA) is 44.5 Å². The summed E-state index contributed by atoms with van der Waals surface area (Å²) < 4.78 is 11.3. The van der Waals surface area contributed by atoms with Gasteiger partial charge in [0.15, 0.2) is 11.5 Å². The highest BCUT2D eigenvalue weighted by atomic mass is 35.5. The second-order valence-corrected chi connectivity index (χ2v) is 4.89. The minimum absolute atomic E-state index is 0.119. The summed E-state index contributed by atoms with van der Waals surface area (Å²) in [6.07, 6.45) is -0.119. The number of hydrogen-bond donors (Lipinski definition) is 1. The molecular formula is C16H18ClNO2. The van der Waals surface area contributed by atoms with Gasteiger partial charge in [0, 0.05) is 6.54 Å². The highest BCUT2D eigenvalue weighted by molar-refractivity contribution is 6.32. The van der Waals surface area contributed by atoms with Crippen molar-refractivity contribution in [3.05, 3.63) is 58.6 Å². The van der Waals surface area contributed by atoms with Crippen LogP contribution in [-0.4, -0.2) is 7.11 Å². The lowest BCUT2D eigenvalue weighted by atomic mass is 10.1. The molecule has 2 N–H and O–H groups in total. The quantitative estimate of drug-likeness (QED) is 0.907. The number of nitrogens with two attached hydrogens (primary N) is 1. The molecule has 2 aromatic carbocycles. The highest BCUT2D eigenvalue weighted by Crippen LogP contribution is 2.38. The number of ether oxygens (including phenoxy) is 2. The van der Waals surface area contributed by atoms with E-state index in [1.54, 1.807) is 13.2 Å². The zero-order valence-corrected chi connectivity index (χ0v) is 12.4. The van der Waals surface area contributed by atoms with E-state index in [1.807, 2.05) is 43.3 Å². The van der Waals surface area contributed by atoms with Gasteiger partial charge in [-0.2, -0.15) is 0 Å². The van der Waals surface area contributed by atoms with Crippen LogP contribution in [0.4, 0.5) is 0 Å². The number of halogens is 1. The first-order valence-electron chi connectivity index (χ1n) is 6.43. The Hall–Kier alpha value is -1.71. The van der Waals surface area contributed by atoms with Gasteiger partial charge < -0.3 is 15.2 Å². The third kappa shape index (κ3) is 3.24. The molecule has 0 aliphatic rings. The van der Waals surface area contributed by atoms with E-state index in [0.717, 1.165) is 11.1 Å². The van der Waals surface area contributed by atoms with Crippen molar-refractivity contribution in [1.29, 1.82) is 0 Å². The molecule has 1 atom stereocenters. The Bertz CT molecular complexity index is 572. The van der Waals surface area contributed by atoms with Gasteiger partial charge in [-0.3, -0.25) is 0 Å². The molecule has 0 aliphatic heterocycles. The number of methoxy groups -OCH3 is 1. The van der Waals surface area contributed by atoms with Gasteiger partial charge in [-0.15, -0.1) is 0 Å². The van der Waals surface area contributed by atoms with E-state index in [0.29, 0.717) is 23.1 Å². The number of hydrogen-bond acceptors (Lipinski definition) is 3. The monoisotopic (exact) mass is 291 g/mol. The van der Waals surface area contributed by atoms with Gasteiger partial charge in [0.2, 0.25) is 0 Å². The molecule has 0 radical (unpaired) electrons. The lowest BCUT2D eigenvalue weighted by Crippen LogP contribution is -2.05. The molecule has 106 valence electrons. The lowest BCUT2D eigenvalue weighted by Gasteiger charge is -2.19. The summed E-state index contributed by atoms with van der Waals surface area (Å²) >= 11 is 6.26. The van der Waals surface area contributed by atoms with Crippen LogP contribution in [0.5, 0.6) is 11.5 Å². The number of rotatable bonds is 5. The second kappa shape index (κ2) is 6.64. The van der Waals surface area contributed by atoms with Gasteiger partial charge in [-0.1, -0.05) is 41.9 Å². The summed E-state index contributed by atoms with van der Waals surface area (Å²) in [6.45, 7) is 2.38. The third-order valence-corrected chi connectivity index (χ3v) is 3.37. The molecule has 0 saturated heterocycles. The maximum absolute atomic E-state index is 6.26. The molecule has 0 amide bonds. The molecule has 0 spiro atoms. The Morgan fingerprint density at radius 3 is 2.50 bits per heavy atom. The number of benzene rings is 2. The first-order valence-corrected chi connectivity index (χ1v) is 6.81. The van der Waals surface area contributed by atoms with Crippen molar-refractivity contribution in [2.45, 2.75) is 19.6 Å². The lowest BCUT2D eigenvalue weighted by molar-refractivity contribution is 0.216. The van der Waals surface area contributed by atoms with Gasteiger partial charge >= 0.3 is 0 Å². The fourth-order valence-electron chi connectivity index (χ4n) is 1.97. The van der Waals surface area contributed by atoms with Crippen molar-refractivity contribution in [3.63, 3.8) is 0 Å². The third-order valence-electron chi connectivity index (χ3n) is 3.09. The minimum Gasteiger partial charge on any atom is -0.493 e. The summed E-state index contributed by atoms with van der Waals surface area (Å²) in [5.41, 5.74) is 7.62. The molecule has 2 rings (SSSR count). The molecule has 1 unspecified atom stereocenters. The van der Waals surface area contributed by atoms with Gasteiger partial charge in [-0.25, -0.2) is 0 Å². The zero-order valence-electron chi connectivity index (χ0n) is 11.6. The van der Waals surface area contributed by atoms with Crippen LogP contribution in [0.3, 0.4) is 0 Å². The van der Waals surface area contributed by atoms with Gasteiger partial charge in [0.25, 0.3) is 0 Å². The van der Waals surface area contributed by atoms with Crippen LogP contribution in [0, 0.1) is 0 Å². The van der Waals surface area contributed by atoms with E-state index in [4.69, 9.17) is 26.8 Å². The average molecular weight is 292 g/mol. The van der Waals surface area contributed by atoms with Crippen LogP contribution in [0.1, 0.15) is 24.2 Å². The van der Waals surface area contributed by atoms with Crippen molar-refractivity contribution in [1.82, 2.24) is 0 Å². The fraction of sp³-hybridized carbons (Fsp3) is 0.250. The van der Waals surface area contributed by atoms with Gasteiger partial charge in [-0.05, 0) is 30.2 Å². The van der Waals surface area contributed by atoms with Crippen LogP contribution < -0.4 is 15.2 Å². The van der Waals surface area contributed by atoms with Crippen LogP contribution in [-0.2, 0) is 6.54 Å². The van der Waals surface area contributed by atoms with E-state index in [2.05, 4.69) is 0 Å². The molecule has 20 heavy (non-hydrogen) atoms. The Kier molecular flexibility index (Phi) is 4.88. The van der Waals surface area contributed by atoms with Crippen LogP contribution in [0.15, 0.2) is 42.5 Å². The molecule has 0 saturated carbocycles. The van der Waals surface area contributed by atoms with Crippen LogP contribution >= 0.6 is 11.6 Å². The zero-order chi connectivity index (χ0) is 14.5. The summed E-state index contributed by atoms with van der Waals surface area (Å²) in [5.74, 6) is 1.14. The predicted molar refractivity (Wildman–Crippen MR) is 81.4 cm³/mol. The molecule has 0 aliphatic carbocycles. The van der Waals surface area contributed by atoms with Crippen LogP contribution in [0.2, 0.25) is 5.02 Å². The first kappa shape index (κ1) is 14.7. The Balaban J connectivity index is 2.29. The molecule has 0 fully saturated rings. The maximum Gasteiger partial charge on any atom is 0.180 e. The van der Waals surface area contributed by atoms with Crippen molar-refractivity contribution in [2.75, 3.05) is 7.11 Å². The maximum atomic E-state index is 6.26. The molecule has 0 bridgehead atoms. The highest BCUT2D eigenvalue weighted by Gasteiger charge is 2.15. The molecule has 0 heterocycles. The summed E-state index contributed by atoms with van der Waals surface area (Å²) in [6, 6.07) is 13.6. The van der Waals surface area contributed by atoms with Crippen molar-refractivity contribution < 1.29 is 9.47 Å². The normalized spacial score (nSPS) is 12.0. The summed E-state index contributed by atoms with van der Waals surface area (Å²) in [5, 5.41) is 0.507. The molecule has 2 aromatic rings. The summed E-state index contributed by atoms with van der Waals surface area (Å²) in [4.78, 5) is 0. The van der Waals surface area contributed by atoms with Gasteiger partial charge in [0.1, 0.15) is 6.10 Å². The minimum atomic E-state index is -0.119. The average Bonchev–Trinajstić information content (AvgIpc) is 2.49. The van der Waals surface area contributed by atoms with E-state index in [9.17, 15) is 0 Å². The molecule has 3 nitrogen and oxygen atoms in total. The molecule has 4 heteroatoms.